The highest BCUT2D eigenvalue weighted by atomic mass is 32.2. The van der Waals surface area contributed by atoms with Crippen LogP contribution in [0.15, 0.2) is 53.6 Å². The van der Waals surface area contributed by atoms with Crippen molar-refractivity contribution < 1.29 is 17.7 Å². The summed E-state index contributed by atoms with van der Waals surface area (Å²) in [6, 6.07) is 8.20. The quantitative estimate of drug-likeness (QED) is 0.500. The maximum Gasteiger partial charge on any atom is 0.272 e. The fourth-order valence-corrected chi connectivity index (χ4v) is 4.10. The number of nitrogens with two attached hydrogens (primary N) is 1. The van der Waals surface area contributed by atoms with E-state index in [1.54, 1.807) is 6.07 Å². The van der Waals surface area contributed by atoms with E-state index >= 15 is 0 Å². The van der Waals surface area contributed by atoms with Crippen molar-refractivity contribution in [3.63, 3.8) is 0 Å². The second-order valence-electron chi connectivity index (χ2n) is 6.80. The van der Waals surface area contributed by atoms with Gasteiger partial charge >= 0.3 is 0 Å². The van der Waals surface area contributed by atoms with E-state index in [0.29, 0.717) is 30.7 Å². The Bertz CT molecular complexity index is 1270. The summed E-state index contributed by atoms with van der Waals surface area (Å²) < 4.78 is 36.8. The van der Waals surface area contributed by atoms with Gasteiger partial charge in [-0.2, -0.15) is 0 Å². The molecule has 0 bridgehead atoms. The van der Waals surface area contributed by atoms with Gasteiger partial charge in [-0.15, -0.1) is 0 Å². The van der Waals surface area contributed by atoms with Crippen LogP contribution >= 0.6 is 0 Å². The number of hydrogen-bond donors (Lipinski definition) is 2. The van der Waals surface area contributed by atoms with E-state index in [9.17, 15) is 22.9 Å². The predicted octanol–water partition coefficient (Wildman–Crippen LogP) is 3.16. The Balaban J connectivity index is 1.66. The van der Waals surface area contributed by atoms with E-state index < -0.39 is 14.9 Å². The lowest BCUT2D eigenvalue weighted by molar-refractivity contribution is -0.385. The van der Waals surface area contributed by atoms with Gasteiger partial charge in [-0.05, 0) is 36.3 Å². The monoisotopic (exact) mass is 416 g/mol. The number of nitrogens with zero attached hydrogens (tertiary/aromatic N) is 2. The lowest BCUT2D eigenvalue weighted by Crippen LogP contribution is -2.28. The summed E-state index contributed by atoms with van der Waals surface area (Å²) in [5, 5.41) is 17.3. The summed E-state index contributed by atoms with van der Waals surface area (Å²) in [6.07, 6.45) is 4.45. The number of anilines is 1. The number of aromatic nitrogens is 1. The maximum atomic E-state index is 13.4. The molecule has 4 rings (SSSR count). The average Bonchev–Trinajstić information content (AvgIpc) is 3.10. The highest BCUT2D eigenvalue weighted by Crippen LogP contribution is 2.32. The second kappa shape index (κ2) is 6.98. The first-order valence-electron chi connectivity index (χ1n) is 8.75. The van der Waals surface area contributed by atoms with Gasteiger partial charge in [0.25, 0.3) is 5.69 Å². The number of benzene rings is 2. The molecule has 0 radical (unpaired) electrons. The molecule has 2 heterocycles. The number of sulfonamides is 1. The molecule has 0 saturated carbocycles. The first-order chi connectivity index (χ1) is 13.7. The Morgan fingerprint density at radius 1 is 1.21 bits per heavy atom. The smallest absolute Gasteiger partial charge is 0.272 e. The molecular weight excluding hydrogens is 399 g/mol. The van der Waals surface area contributed by atoms with Crippen molar-refractivity contribution in [1.29, 1.82) is 0 Å². The molecule has 3 aromatic rings. The number of primary sulfonamides is 1. The van der Waals surface area contributed by atoms with Crippen molar-refractivity contribution >= 4 is 37.9 Å². The Morgan fingerprint density at radius 3 is 2.66 bits per heavy atom. The van der Waals surface area contributed by atoms with Crippen LogP contribution in [0.2, 0.25) is 0 Å². The van der Waals surface area contributed by atoms with E-state index in [4.69, 9.17) is 5.14 Å². The van der Waals surface area contributed by atoms with E-state index in [2.05, 4.69) is 4.98 Å². The van der Waals surface area contributed by atoms with Crippen molar-refractivity contribution in [3.8, 4) is 0 Å². The Kier molecular flexibility index (Phi) is 4.59. The number of nitro benzene ring substituents is 1. The fraction of sp³-hybridized carbons (Fsp3) is 0.158. The number of nitro groups is 1. The molecule has 0 unspecified atom stereocenters. The van der Waals surface area contributed by atoms with Crippen LogP contribution in [0.4, 0.5) is 15.8 Å². The Hall–Kier alpha value is -3.24. The largest absolute Gasteiger partial charge is 0.367 e. The first kappa shape index (κ1) is 19.1. The minimum atomic E-state index is -4.08. The van der Waals surface area contributed by atoms with E-state index in [1.807, 2.05) is 17.2 Å². The van der Waals surface area contributed by atoms with Crippen molar-refractivity contribution in [3.05, 3.63) is 70.2 Å². The molecule has 3 N–H and O–H groups in total. The van der Waals surface area contributed by atoms with E-state index in [-0.39, 0.29) is 16.4 Å². The van der Waals surface area contributed by atoms with E-state index in [0.717, 1.165) is 22.6 Å². The number of hydrogen-bond acceptors (Lipinski definition) is 5. The topological polar surface area (TPSA) is 122 Å². The summed E-state index contributed by atoms with van der Waals surface area (Å²) in [5.74, 6) is -0.314. The van der Waals surface area contributed by atoms with Crippen LogP contribution in [0.25, 0.3) is 16.5 Å². The van der Waals surface area contributed by atoms with Gasteiger partial charge in [0.2, 0.25) is 10.0 Å². The van der Waals surface area contributed by atoms with Crippen molar-refractivity contribution in [2.24, 2.45) is 5.14 Å². The van der Waals surface area contributed by atoms with Crippen LogP contribution in [-0.2, 0) is 10.0 Å². The molecule has 150 valence electrons. The van der Waals surface area contributed by atoms with E-state index in [1.165, 1.54) is 24.3 Å². The molecule has 0 amide bonds. The summed E-state index contributed by atoms with van der Waals surface area (Å²) >= 11 is 0. The Morgan fingerprint density at radius 2 is 2.00 bits per heavy atom. The van der Waals surface area contributed by atoms with Crippen molar-refractivity contribution in [1.82, 2.24) is 4.98 Å². The molecule has 0 fully saturated rings. The maximum absolute atomic E-state index is 13.4. The number of aromatic amines is 1. The third-order valence-corrected chi connectivity index (χ3v) is 5.87. The zero-order valence-electron chi connectivity index (χ0n) is 15.1. The van der Waals surface area contributed by atoms with Gasteiger partial charge in [-0.25, -0.2) is 17.9 Å². The Labute approximate surface area is 165 Å². The van der Waals surface area contributed by atoms with Crippen LogP contribution in [0.5, 0.6) is 0 Å². The van der Waals surface area contributed by atoms with Crippen LogP contribution in [-0.4, -0.2) is 31.4 Å². The van der Waals surface area contributed by atoms with Gasteiger partial charge in [0.15, 0.2) is 0 Å². The number of H-pyrrole nitrogens is 1. The molecule has 0 saturated heterocycles. The highest BCUT2D eigenvalue weighted by molar-refractivity contribution is 7.89. The summed E-state index contributed by atoms with van der Waals surface area (Å²) in [5.41, 5.74) is 2.83. The zero-order valence-corrected chi connectivity index (χ0v) is 15.9. The SMILES string of the molecule is NS(=O)(=O)c1cc(N2CC=C(c3c[nH]c4cc(F)ccc34)CC2)cc([N+](=O)[O-])c1. The third kappa shape index (κ3) is 3.71. The predicted molar refractivity (Wildman–Crippen MR) is 108 cm³/mol. The summed E-state index contributed by atoms with van der Waals surface area (Å²) in [7, 11) is -4.08. The third-order valence-electron chi connectivity index (χ3n) is 4.98. The number of halogens is 1. The summed E-state index contributed by atoms with van der Waals surface area (Å²) in [4.78, 5) is 15.1. The lowest BCUT2D eigenvalue weighted by Gasteiger charge is -2.28. The molecule has 1 aliphatic heterocycles. The molecule has 2 aromatic carbocycles. The van der Waals surface area contributed by atoms with Crippen molar-refractivity contribution in [2.75, 3.05) is 18.0 Å². The number of fused-ring (bicyclic) bond motifs is 1. The molecule has 0 spiro atoms. The minimum absolute atomic E-state index is 0.296. The van der Waals surface area contributed by atoms with Gasteiger partial charge in [0.05, 0.1) is 9.82 Å². The lowest BCUT2D eigenvalue weighted by atomic mass is 9.98. The van der Waals surface area contributed by atoms with Crippen LogP contribution in [0.3, 0.4) is 0 Å². The van der Waals surface area contributed by atoms with Gasteiger partial charge in [0.1, 0.15) is 5.82 Å². The average molecular weight is 416 g/mol. The second-order valence-corrected chi connectivity index (χ2v) is 8.37. The highest BCUT2D eigenvalue weighted by Gasteiger charge is 2.21. The minimum Gasteiger partial charge on any atom is -0.367 e. The summed E-state index contributed by atoms with van der Waals surface area (Å²) in [6.45, 7) is 0.972. The molecule has 8 nitrogen and oxygen atoms in total. The van der Waals surface area contributed by atoms with Crippen LogP contribution < -0.4 is 10.0 Å². The fourth-order valence-electron chi connectivity index (χ4n) is 3.53. The first-order valence-corrected chi connectivity index (χ1v) is 10.3. The normalized spacial score (nSPS) is 14.8. The molecule has 29 heavy (non-hydrogen) atoms. The molecule has 10 heteroatoms. The van der Waals surface area contributed by atoms with Crippen molar-refractivity contribution in [2.45, 2.75) is 11.3 Å². The molecule has 0 aliphatic carbocycles. The number of nitrogens with one attached hydrogen (secondary N) is 1. The van der Waals surface area contributed by atoms with Crippen LogP contribution in [0.1, 0.15) is 12.0 Å². The molecular formula is C19H17FN4O4S. The van der Waals surface area contributed by atoms with Gasteiger partial charge in [0, 0.05) is 53.6 Å². The molecule has 1 aliphatic rings. The number of non-ortho nitro benzene ring substituents is 1. The van der Waals surface area contributed by atoms with Gasteiger partial charge in [-0.3, -0.25) is 10.1 Å². The standard InChI is InChI=1S/C19H17FN4O4S/c20-13-1-2-17-18(11-22-19(17)7-13)12-3-5-23(6-4-12)14-8-15(24(25)26)10-16(9-14)29(21,27)28/h1-3,7-11,22H,4-6H2,(H2,21,27,28). The van der Waals surface area contributed by atoms with Crippen LogP contribution in [0, 0.1) is 15.9 Å². The number of rotatable bonds is 4. The van der Waals surface area contributed by atoms with Gasteiger partial charge < -0.3 is 9.88 Å². The van der Waals surface area contributed by atoms with Gasteiger partial charge in [-0.1, -0.05) is 6.08 Å². The molecule has 1 aromatic heterocycles. The molecule has 0 atom stereocenters. The zero-order chi connectivity index (χ0) is 20.8.